The van der Waals surface area contributed by atoms with E-state index in [9.17, 15) is 4.79 Å². The first kappa shape index (κ1) is 13.9. The molecular formula is C15H18N2OS. The third kappa shape index (κ3) is 3.96. The lowest BCUT2D eigenvalue weighted by Gasteiger charge is -2.19. The van der Waals surface area contributed by atoms with Gasteiger partial charge in [0.15, 0.2) is 0 Å². The monoisotopic (exact) mass is 274 g/mol. The molecule has 1 aromatic heterocycles. The average molecular weight is 274 g/mol. The van der Waals surface area contributed by atoms with Gasteiger partial charge in [0, 0.05) is 16.7 Å². The van der Waals surface area contributed by atoms with E-state index in [0.717, 1.165) is 10.6 Å². The highest BCUT2D eigenvalue weighted by atomic mass is 32.2. The van der Waals surface area contributed by atoms with Crippen LogP contribution in [0.4, 0.5) is 0 Å². The lowest BCUT2D eigenvalue weighted by Crippen LogP contribution is -2.10. The van der Waals surface area contributed by atoms with Crippen molar-refractivity contribution in [2.75, 3.05) is 0 Å². The predicted molar refractivity (Wildman–Crippen MR) is 79.6 cm³/mol. The molecule has 0 radical (unpaired) electrons. The van der Waals surface area contributed by atoms with Crippen molar-refractivity contribution in [3.05, 3.63) is 58.0 Å². The molecule has 4 heteroatoms. The Kier molecular flexibility index (Phi) is 4.10. The number of nitrogens with zero attached hydrogens (tertiary/aromatic N) is 1. The van der Waals surface area contributed by atoms with Gasteiger partial charge in [-0.25, -0.2) is 5.10 Å². The molecule has 1 N–H and O–H groups in total. The van der Waals surface area contributed by atoms with Crippen LogP contribution in [0.25, 0.3) is 0 Å². The molecule has 0 fully saturated rings. The lowest BCUT2D eigenvalue weighted by molar-refractivity contribution is 0.590. The standard InChI is InChI=1S/C15H18N2OS/c1-15(2,3)12-6-4-11(5-7-12)10-19-13-8-14(18)17-16-9-13/h4-9H,10H2,1-3H3,(H,17,18). The second kappa shape index (κ2) is 5.61. The summed E-state index contributed by atoms with van der Waals surface area (Å²) < 4.78 is 0. The second-order valence-corrected chi connectivity index (χ2v) is 6.57. The van der Waals surface area contributed by atoms with Crippen molar-refractivity contribution in [1.29, 1.82) is 0 Å². The number of hydrogen-bond acceptors (Lipinski definition) is 3. The maximum atomic E-state index is 11.1. The highest BCUT2D eigenvalue weighted by Crippen LogP contribution is 2.25. The third-order valence-electron chi connectivity index (χ3n) is 2.87. The Hall–Kier alpha value is -1.55. The Labute approximate surface area is 117 Å². The van der Waals surface area contributed by atoms with Crippen LogP contribution in [0.5, 0.6) is 0 Å². The van der Waals surface area contributed by atoms with Crippen LogP contribution >= 0.6 is 11.8 Å². The van der Waals surface area contributed by atoms with Gasteiger partial charge in [-0.15, -0.1) is 11.8 Å². The third-order valence-corrected chi connectivity index (χ3v) is 3.90. The molecule has 3 nitrogen and oxygen atoms in total. The Morgan fingerprint density at radius 1 is 1.21 bits per heavy atom. The number of aromatic nitrogens is 2. The van der Waals surface area contributed by atoms with Gasteiger partial charge in [-0.3, -0.25) is 4.79 Å². The summed E-state index contributed by atoms with van der Waals surface area (Å²) in [5, 5.41) is 6.16. The van der Waals surface area contributed by atoms with Crippen LogP contribution in [-0.4, -0.2) is 10.2 Å². The van der Waals surface area contributed by atoms with E-state index in [0.29, 0.717) is 0 Å². The van der Waals surface area contributed by atoms with E-state index < -0.39 is 0 Å². The van der Waals surface area contributed by atoms with Crippen LogP contribution in [0.3, 0.4) is 0 Å². The number of aromatic amines is 1. The minimum atomic E-state index is -0.159. The number of nitrogens with one attached hydrogen (secondary N) is 1. The van der Waals surface area contributed by atoms with E-state index in [1.807, 2.05) is 0 Å². The molecule has 1 aromatic carbocycles. The van der Waals surface area contributed by atoms with E-state index >= 15 is 0 Å². The van der Waals surface area contributed by atoms with E-state index in [-0.39, 0.29) is 11.0 Å². The molecule has 100 valence electrons. The van der Waals surface area contributed by atoms with Gasteiger partial charge in [0.2, 0.25) is 0 Å². The van der Waals surface area contributed by atoms with Crippen molar-refractivity contribution >= 4 is 11.8 Å². The number of benzene rings is 1. The first-order chi connectivity index (χ1) is 8.95. The predicted octanol–water partition coefficient (Wildman–Crippen LogP) is 3.36. The van der Waals surface area contributed by atoms with Gasteiger partial charge in [-0.1, -0.05) is 45.0 Å². The average Bonchev–Trinajstić information content (AvgIpc) is 2.36. The van der Waals surface area contributed by atoms with Crippen molar-refractivity contribution in [2.45, 2.75) is 36.8 Å². The molecule has 0 bridgehead atoms. The van der Waals surface area contributed by atoms with Crippen molar-refractivity contribution < 1.29 is 0 Å². The molecule has 2 rings (SSSR count). The van der Waals surface area contributed by atoms with E-state index in [4.69, 9.17) is 0 Å². The topological polar surface area (TPSA) is 45.8 Å². The zero-order valence-electron chi connectivity index (χ0n) is 11.4. The number of hydrogen-bond donors (Lipinski definition) is 1. The summed E-state index contributed by atoms with van der Waals surface area (Å²) in [7, 11) is 0. The van der Waals surface area contributed by atoms with Gasteiger partial charge in [-0.05, 0) is 16.5 Å². The summed E-state index contributed by atoms with van der Waals surface area (Å²) in [6, 6.07) is 10.2. The minimum absolute atomic E-state index is 0.159. The fourth-order valence-electron chi connectivity index (χ4n) is 1.70. The van der Waals surface area contributed by atoms with E-state index in [2.05, 4.69) is 55.2 Å². The summed E-state index contributed by atoms with van der Waals surface area (Å²) in [5.41, 5.74) is 2.60. The first-order valence-electron chi connectivity index (χ1n) is 6.22. The molecule has 0 aliphatic rings. The van der Waals surface area contributed by atoms with E-state index in [1.165, 1.54) is 11.1 Å². The van der Waals surface area contributed by atoms with Gasteiger partial charge < -0.3 is 0 Å². The summed E-state index contributed by atoms with van der Waals surface area (Å²) in [4.78, 5) is 12.0. The first-order valence-corrected chi connectivity index (χ1v) is 7.21. The summed E-state index contributed by atoms with van der Waals surface area (Å²) >= 11 is 1.62. The van der Waals surface area contributed by atoms with Crippen molar-refractivity contribution in [1.82, 2.24) is 10.2 Å². The lowest BCUT2D eigenvalue weighted by atomic mass is 9.87. The van der Waals surface area contributed by atoms with Crippen LogP contribution < -0.4 is 5.56 Å². The van der Waals surface area contributed by atoms with Gasteiger partial charge in [-0.2, -0.15) is 5.10 Å². The van der Waals surface area contributed by atoms with Crippen molar-refractivity contribution in [2.24, 2.45) is 0 Å². The molecule has 0 spiro atoms. The minimum Gasteiger partial charge on any atom is -0.268 e. The van der Waals surface area contributed by atoms with Crippen LogP contribution in [0.15, 0.2) is 46.2 Å². The molecule has 1 heterocycles. The zero-order valence-corrected chi connectivity index (χ0v) is 12.3. The van der Waals surface area contributed by atoms with Crippen molar-refractivity contribution in [3.63, 3.8) is 0 Å². The fourth-order valence-corrected chi connectivity index (χ4v) is 2.55. The normalized spacial score (nSPS) is 11.5. The quantitative estimate of drug-likeness (QED) is 0.873. The Bertz CT molecular complexity index is 597. The van der Waals surface area contributed by atoms with Crippen LogP contribution in [-0.2, 0) is 11.2 Å². The molecule has 0 aliphatic carbocycles. The largest absolute Gasteiger partial charge is 0.268 e. The maximum Gasteiger partial charge on any atom is 0.265 e. The smallest absolute Gasteiger partial charge is 0.265 e. The summed E-state index contributed by atoms with van der Waals surface area (Å²) in [6.07, 6.45) is 1.68. The molecule has 0 saturated carbocycles. The molecule has 0 amide bonds. The maximum absolute atomic E-state index is 11.1. The molecule has 2 aromatic rings. The Balaban J connectivity index is 2.03. The number of rotatable bonds is 3. The fraction of sp³-hybridized carbons (Fsp3) is 0.333. The van der Waals surface area contributed by atoms with E-state index in [1.54, 1.807) is 24.0 Å². The zero-order chi connectivity index (χ0) is 13.9. The molecule has 19 heavy (non-hydrogen) atoms. The molecule has 0 unspecified atom stereocenters. The van der Waals surface area contributed by atoms with Gasteiger partial charge >= 0.3 is 0 Å². The summed E-state index contributed by atoms with van der Waals surface area (Å²) in [6.45, 7) is 6.62. The van der Waals surface area contributed by atoms with Crippen LogP contribution in [0, 0.1) is 0 Å². The van der Waals surface area contributed by atoms with Gasteiger partial charge in [0.05, 0.1) is 6.20 Å². The highest BCUT2D eigenvalue weighted by molar-refractivity contribution is 7.98. The van der Waals surface area contributed by atoms with Gasteiger partial charge in [0.25, 0.3) is 5.56 Å². The molecule has 0 aliphatic heterocycles. The SMILES string of the molecule is CC(C)(C)c1ccc(CSc2cn[nH]c(=O)c2)cc1. The van der Waals surface area contributed by atoms with Crippen molar-refractivity contribution in [3.8, 4) is 0 Å². The Morgan fingerprint density at radius 2 is 1.89 bits per heavy atom. The number of thioether (sulfide) groups is 1. The summed E-state index contributed by atoms with van der Waals surface area (Å²) in [5.74, 6) is 0.843. The molecular weight excluding hydrogens is 256 g/mol. The second-order valence-electron chi connectivity index (χ2n) is 5.52. The molecule has 0 atom stereocenters. The highest BCUT2D eigenvalue weighted by Gasteiger charge is 2.12. The van der Waals surface area contributed by atoms with Crippen LogP contribution in [0.2, 0.25) is 0 Å². The molecule has 0 saturated heterocycles. The van der Waals surface area contributed by atoms with Gasteiger partial charge in [0.1, 0.15) is 0 Å². The Morgan fingerprint density at radius 3 is 2.47 bits per heavy atom. The number of H-pyrrole nitrogens is 1. The van der Waals surface area contributed by atoms with Crippen LogP contribution in [0.1, 0.15) is 31.9 Å².